The third-order valence-electron chi connectivity index (χ3n) is 6.20. The van der Waals surface area contributed by atoms with Crippen LogP contribution in [0.1, 0.15) is 52.8 Å². The van der Waals surface area contributed by atoms with Gasteiger partial charge < -0.3 is 19.7 Å². The van der Waals surface area contributed by atoms with Gasteiger partial charge in [0.1, 0.15) is 24.7 Å². The molecule has 1 saturated carbocycles. The molecule has 182 valence electrons. The van der Waals surface area contributed by atoms with E-state index in [-0.39, 0.29) is 17.9 Å². The number of carbonyl (C=O) groups is 2. The SMILES string of the molecule is CN(C(=O)c1cccc(OCCOc2ccccc2)c1)c1ccccc1C(=O)NC1CCCCC1. The van der Waals surface area contributed by atoms with Crippen molar-refractivity contribution >= 4 is 17.5 Å². The molecule has 0 aliphatic heterocycles. The summed E-state index contributed by atoms with van der Waals surface area (Å²) >= 11 is 0. The molecular weight excluding hydrogens is 440 g/mol. The van der Waals surface area contributed by atoms with Crippen molar-refractivity contribution in [3.63, 3.8) is 0 Å². The Hall–Kier alpha value is -3.80. The van der Waals surface area contributed by atoms with Crippen LogP contribution in [0.4, 0.5) is 5.69 Å². The van der Waals surface area contributed by atoms with Gasteiger partial charge in [-0.05, 0) is 55.3 Å². The standard InChI is InChI=1S/C29H32N2O4/c1-31(27-18-9-8-17-26(27)28(32)30-23-12-4-2-5-13-23)29(33)22-11-10-16-25(21-22)35-20-19-34-24-14-6-3-7-15-24/h3,6-11,14-18,21,23H,2,4-5,12-13,19-20H2,1H3,(H,30,32). The molecule has 0 bridgehead atoms. The molecule has 6 heteroatoms. The zero-order chi connectivity index (χ0) is 24.5. The van der Waals surface area contributed by atoms with Crippen molar-refractivity contribution in [3.05, 3.63) is 90.0 Å². The molecule has 35 heavy (non-hydrogen) atoms. The minimum Gasteiger partial charge on any atom is -0.490 e. The van der Waals surface area contributed by atoms with Gasteiger partial charge in [0.15, 0.2) is 0 Å². The van der Waals surface area contributed by atoms with Crippen molar-refractivity contribution < 1.29 is 19.1 Å². The minimum atomic E-state index is -0.214. The molecule has 1 N–H and O–H groups in total. The Morgan fingerprint density at radius 2 is 1.49 bits per heavy atom. The van der Waals surface area contributed by atoms with E-state index in [4.69, 9.17) is 9.47 Å². The molecule has 3 aromatic carbocycles. The number of amides is 2. The van der Waals surface area contributed by atoms with Gasteiger partial charge in [-0.25, -0.2) is 0 Å². The molecular formula is C29H32N2O4. The Labute approximate surface area is 206 Å². The number of benzene rings is 3. The Balaban J connectivity index is 1.39. The monoisotopic (exact) mass is 472 g/mol. The maximum absolute atomic E-state index is 13.3. The van der Waals surface area contributed by atoms with Crippen molar-refractivity contribution in [1.29, 1.82) is 0 Å². The molecule has 0 unspecified atom stereocenters. The van der Waals surface area contributed by atoms with Crippen LogP contribution in [-0.4, -0.2) is 38.1 Å². The summed E-state index contributed by atoms with van der Waals surface area (Å²) < 4.78 is 11.4. The predicted molar refractivity (Wildman–Crippen MR) is 137 cm³/mol. The lowest BCUT2D eigenvalue weighted by Gasteiger charge is -2.25. The fourth-order valence-corrected chi connectivity index (χ4v) is 4.33. The van der Waals surface area contributed by atoms with Crippen LogP contribution in [0.5, 0.6) is 11.5 Å². The van der Waals surface area contributed by atoms with Crippen LogP contribution in [0, 0.1) is 0 Å². The number of nitrogens with zero attached hydrogens (tertiary/aromatic N) is 1. The van der Waals surface area contributed by atoms with Crippen LogP contribution in [0.2, 0.25) is 0 Å². The zero-order valence-corrected chi connectivity index (χ0v) is 20.1. The highest BCUT2D eigenvalue weighted by Crippen LogP contribution is 2.24. The first-order valence-electron chi connectivity index (χ1n) is 12.2. The molecule has 1 aliphatic rings. The topological polar surface area (TPSA) is 67.9 Å². The molecule has 1 fully saturated rings. The van der Waals surface area contributed by atoms with Crippen molar-refractivity contribution in [2.75, 3.05) is 25.2 Å². The number of hydrogen-bond acceptors (Lipinski definition) is 4. The van der Waals surface area contributed by atoms with Crippen LogP contribution in [0.25, 0.3) is 0 Å². The maximum Gasteiger partial charge on any atom is 0.258 e. The smallest absolute Gasteiger partial charge is 0.258 e. The number of para-hydroxylation sites is 2. The summed E-state index contributed by atoms with van der Waals surface area (Å²) in [6.45, 7) is 0.748. The summed E-state index contributed by atoms with van der Waals surface area (Å²) in [5.41, 5.74) is 1.56. The molecule has 6 nitrogen and oxygen atoms in total. The quantitative estimate of drug-likeness (QED) is 0.419. The normalized spacial score (nSPS) is 13.6. The highest BCUT2D eigenvalue weighted by Gasteiger charge is 2.22. The number of anilines is 1. The Morgan fingerprint density at radius 1 is 0.829 bits per heavy atom. The van der Waals surface area contributed by atoms with Gasteiger partial charge in [0.2, 0.25) is 0 Å². The van der Waals surface area contributed by atoms with Gasteiger partial charge >= 0.3 is 0 Å². The van der Waals surface area contributed by atoms with Crippen LogP contribution >= 0.6 is 0 Å². The Kier molecular flexibility index (Phi) is 8.39. The van der Waals surface area contributed by atoms with Gasteiger partial charge in [0.25, 0.3) is 11.8 Å². The fourth-order valence-electron chi connectivity index (χ4n) is 4.33. The lowest BCUT2D eigenvalue weighted by Crippen LogP contribution is -2.37. The average molecular weight is 473 g/mol. The maximum atomic E-state index is 13.3. The molecule has 2 amide bonds. The zero-order valence-electron chi connectivity index (χ0n) is 20.1. The highest BCUT2D eigenvalue weighted by molar-refractivity contribution is 6.10. The third-order valence-corrected chi connectivity index (χ3v) is 6.20. The molecule has 4 rings (SSSR count). The summed E-state index contributed by atoms with van der Waals surface area (Å²) in [6, 6.07) is 24.0. The Bertz CT molecular complexity index is 1130. The molecule has 0 aromatic heterocycles. The number of rotatable bonds is 9. The number of carbonyl (C=O) groups excluding carboxylic acids is 2. The van der Waals surface area contributed by atoms with Crippen molar-refractivity contribution in [3.8, 4) is 11.5 Å². The summed E-state index contributed by atoms with van der Waals surface area (Å²) in [4.78, 5) is 27.8. The minimum absolute atomic E-state index is 0.136. The molecule has 3 aromatic rings. The largest absolute Gasteiger partial charge is 0.490 e. The number of nitrogens with one attached hydrogen (secondary N) is 1. The van der Waals surface area contributed by atoms with Crippen LogP contribution in [-0.2, 0) is 0 Å². The van der Waals surface area contributed by atoms with E-state index in [9.17, 15) is 9.59 Å². The number of hydrogen-bond donors (Lipinski definition) is 1. The summed E-state index contributed by atoms with van der Waals surface area (Å²) in [6.07, 6.45) is 5.52. The van der Waals surface area contributed by atoms with E-state index in [0.717, 1.165) is 31.4 Å². The van der Waals surface area contributed by atoms with Gasteiger partial charge in [-0.15, -0.1) is 0 Å². The summed E-state index contributed by atoms with van der Waals surface area (Å²) in [5, 5.41) is 3.15. The van der Waals surface area contributed by atoms with E-state index in [1.807, 2.05) is 48.5 Å². The predicted octanol–water partition coefficient (Wildman–Crippen LogP) is 5.48. The molecule has 0 saturated heterocycles. The number of ether oxygens (including phenoxy) is 2. The lowest BCUT2D eigenvalue weighted by molar-refractivity contribution is 0.0928. The molecule has 0 atom stereocenters. The first kappa shape index (κ1) is 24.3. The van der Waals surface area contributed by atoms with E-state index in [2.05, 4.69) is 5.32 Å². The van der Waals surface area contributed by atoms with E-state index in [1.54, 1.807) is 37.4 Å². The van der Waals surface area contributed by atoms with Gasteiger partial charge in [-0.1, -0.05) is 55.7 Å². The second-order valence-corrected chi connectivity index (χ2v) is 8.73. The first-order valence-corrected chi connectivity index (χ1v) is 12.2. The second kappa shape index (κ2) is 12.1. The van der Waals surface area contributed by atoms with Crippen molar-refractivity contribution in [2.45, 2.75) is 38.1 Å². The van der Waals surface area contributed by atoms with Crippen LogP contribution in [0.3, 0.4) is 0 Å². The molecule has 0 heterocycles. The summed E-state index contributed by atoms with van der Waals surface area (Å²) in [5.74, 6) is 1.02. The van der Waals surface area contributed by atoms with E-state index < -0.39 is 0 Å². The van der Waals surface area contributed by atoms with E-state index >= 15 is 0 Å². The van der Waals surface area contributed by atoms with Gasteiger partial charge in [0.05, 0.1) is 11.3 Å². The summed E-state index contributed by atoms with van der Waals surface area (Å²) in [7, 11) is 1.69. The molecule has 1 aliphatic carbocycles. The highest BCUT2D eigenvalue weighted by atomic mass is 16.5. The molecule has 0 radical (unpaired) electrons. The second-order valence-electron chi connectivity index (χ2n) is 8.73. The molecule has 0 spiro atoms. The van der Waals surface area contributed by atoms with E-state index in [1.165, 1.54) is 11.3 Å². The van der Waals surface area contributed by atoms with E-state index in [0.29, 0.717) is 35.8 Å². The lowest BCUT2D eigenvalue weighted by atomic mass is 9.95. The average Bonchev–Trinajstić information content (AvgIpc) is 2.91. The van der Waals surface area contributed by atoms with Gasteiger partial charge in [-0.3, -0.25) is 9.59 Å². The van der Waals surface area contributed by atoms with Gasteiger partial charge in [-0.2, -0.15) is 0 Å². The van der Waals surface area contributed by atoms with Crippen LogP contribution < -0.4 is 19.7 Å². The van der Waals surface area contributed by atoms with Gasteiger partial charge in [0, 0.05) is 18.7 Å². The van der Waals surface area contributed by atoms with Crippen molar-refractivity contribution in [2.24, 2.45) is 0 Å². The fraction of sp³-hybridized carbons (Fsp3) is 0.310. The third kappa shape index (κ3) is 6.63. The first-order chi connectivity index (χ1) is 17.1. The van der Waals surface area contributed by atoms with Crippen LogP contribution in [0.15, 0.2) is 78.9 Å². The van der Waals surface area contributed by atoms with Crippen molar-refractivity contribution in [1.82, 2.24) is 5.32 Å². The Morgan fingerprint density at radius 3 is 2.26 bits per heavy atom.